The van der Waals surface area contributed by atoms with Gasteiger partial charge in [-0.1, -0.05) is 11.6 Å². The number of nitrogens with zero attached hydrogens (tertiary/aromatic N) is 3. The van der Waals surface area contributed by atoms with Gasteiger partial charge in [0.2, 0.25) is 5.95 Å². The topological polar surface area (TPSA) is 83.2 Å². The molecule has 0 atom stereocenters. The SMILES string of the molecule is COc1nc(N)nc(Oc2ccc(F)c(Cl)c2)n1. The van der Waals surface area contributed by atoms with E-state index in [0.717, 1.165) is 0 Å². The number of benzene rings is 1. The molecule has 1 heterocycles. The first-order valence-corrected chi connectivity index (χ1v) is 5.14. The van der Waals surface area contributed by atoms with Crippen molar-refractivity contribution in [3.63, 3.8) is 0 Å². The molecule has 0 aliphatic carbocycles. The minimum absolute atomic E-state index is 0.0192. The molecule has 0 fully saturated rings. The van der Waals surface area contributed by atoms with Gasteiger partial charge in [-0.2, -0.15) is 9.97 Å². The van der Waals surface area contributed by atoms with E-state index in [9.17, 15) is 4.39 Å². The molecule has 0 bridgehead atoms. The van der Waals surface area contributed by atoms with Crippen LogP contribution in [-0.4, -0.2) is 22.1 Å². The van der Waals surface area contributed by atoms with Crippen LogP contribution in [0.25, 0.3) is 0 Å². The number of rotatable bonds is 3. The highest BCUT2D eigenvalue weighted by Gasteiger charge is 2.08. The quantitative estimate of drug-likeness (QED) is 0.919. The fraction of sp³-hybridized carbons (Fsp3) is 0.100. The molecule has 1 aromatic heterocycles. The number of ether oxygens (including phenoxy) is 2. The number of hydrogen-bond donors (Lipinski definition) is 1. The summed E-state index contributed by atoms with van der Waals surface area (Å²) in [4.78, 5) is 11.3. The second-order valence-corrected chi connectivity index (χ2v) is 3.55. The summed E-state index contributed by atoms with van der Waals surface area (Å²) < 4.78 is 23.0. The van der Waals surface area contributed by atoms with Crippen LogP contribution in [0.3, 0.4) is 0 Å². The predicted molar refractivity (Wildman–Crippen MR) is 62.3 cm³/mol. The lowest BCUT2D eigenvalue weighted by molar-refractivity contribution is 0.360. The molecular formula is C10H8ClFN4O2. The maximum atomic E-state index is 13.0. The van der Waals surface area contributed by atoms with E-state index in [-0.39, 0.29) is 28.7 Å². The molecule has 6 nitrogen and oxygen atoms in total. The van der Waals surface area contributed by atoms with Gasteiger partial charge in [0.05, 0.1) is 12.1 Å². The Balaban J connectivity index is 2.27. The van der Waals surface area contributed by atoms with Gasteiger partial charge in [0.1, 0.15) is 11.6 Å². The molecule has 0 radical (unpaired) electrons. The van der Waals surface area contributed by atoms with Gasteiger partial charge in [-0.3, -0.25) is 0 Å². The lowest BCUT2D eigenvalue weighted by Gasteiger charge is -2.05. The summed E-state index contributed by atoms with van der Waals surface area (Å²) in [5, 5.41) is -0.0681. The Labute approximate surface area is 107 Å². The first-order chi connectivity index (χ1) is 8.58. The van der Waals surface area contributed by atoms with Gasteiger partial charge >= 0.3 is 12.0 Å². The minimum Gasteiger partial charge on any atom is -0.467 e. The number of nitrogen functional groups attached to an aromatic ring is 1. The van der Waals surface area contributed by atoms with Crippen LogP contribution in [0, 0.1) is 5.82 Å². The summed E-state index contributed by atoms with van der Waals surface area (Å²) in [5.74, 6) is -0.323. The normalized spacial score (nSPS) is 10.2. The van der Waals surface area contributed by atoms with Crippen molar-refractivity contribution >= 4 is 17.5 Å². The van der Waals surface area contributed by atoms with E-state index in [0.29, 0.717) is 0 Å². The second kappa shape index (κ2) is 5.01. The summed E-state index contributed by atoms with van der Waals surface area (Å²) in [7, 11) is 1.38. The largest absolute Gasteiger partial charge is 0.467 e. The molecule has 0 saturated heterocycles. The highest BCUT2D eigenvalue weighted by atomic mass is 35.5. The van der Waals surface area contributed by atoms with Crippen molar-refractivity contribution < 1.29 is 13.9 Å². The monoisotopic (exact) mass is 270 g/mol. The van der Waals surface area contributed by atoms with Crippen LogP contribution in [0.5, 0.6) is 17.8 Å². The van der Waals surface area contributed by atoms with Crippen LogP contribution in [0.1, 0.15) is 0 Å². The first kappa shape index (κ1) is 12.3. The van der Waals surface area contributed by atoms with Crippen molar-refractivity contribution in [1.29, 1.82) is 0 Å². The fourth-order valence-electron chi connectivity index (χ4n) is 1.14. The molecule has 0 saturated carbocycles. The van der Waals surface area contributed by atoms with E-state index in [4.69, 9.17) is 26.8 Å². The predicted octanol–water partition coefficient (Wildman–Crippen LogP) is 2.05. The van der Waals surface area contributed by atoms with Crippen LogP contribution < -0.4 is 15.2 Å². The molecule has 0 aliphatic heterocycles. The summed E-state index contributed by atoms with van der Waals surface area (Å²) in [6.07, 6.45) is 0. The molecule has 0 amide bonds. The fourth-order valence-corrected chi connectivity index (χ4v) is 1.31. The Morgan fingerprint density at radius 1 is 1.22 bits per heavy atom. The lowest BCUT2D eigenvalue weighted by Crippen LogP contribution is -2.02. The maximum Gasteiger partial charge on any atom is 0.330 e. The molecule has 0 unspecified atom stereocenters. The number of methoxy groups -OCH3 is 1. The van der Waals surface area contributed by atoms with E-state index >= 15 is 0 Å². The second-order valence-electron chi connectivity index (χ2n) is 3.14. The van der Waals surface area contributed by atoms with Crippen molar-refractivity contribution in [2.75, 3.05) is 12.8 Å². The number of anilines is 1. The highest BCUT2D eigenvalue weighted by Crippen LogP contribution is 2.24. The number of aromatic nitrogens is 3. The zero-order valence-corrected chi connectivity index (χ0v) is 9.98. The Morgan fingerprint density at radius 2 is 1.94 bits per heavy atom. The Bertz CT molecular complexity index is 582. The molecule has 0 spiro atoms. The summed E-state index contributed by atoms with van der Waals surface area (Å²) in [6, 6.07) is 3.80. The minimum atomic E-state index is -0.545. The lowest BCUT2D eigenvalue weighted by atomic mass is 10.3. The van der Waals surface area contributed by atoms with Gasteiger partial charge in [0, 0.05) is 6.07 Å². The van der Waals surface area contributed by atoms with E-state index in [2.05, 4.69) is 15.0 Å². The van der Waals surface area contributed by atoms with E-state index in [1.54, 1.807) is 0 Å². The molecule has 18 heavy (non-hydrogen) atoms. The van der Waals surface area contributed by atoms with Crippen LogP contribution in [0.15, 0.2) is 18.2 Å². The molecule has 1 aromatic carbocycles. The molecule has 0 aliphatic rings. The Kier molecular flexibility index (Phi) is 3.42. The first-order valence-electron chi connectivity index (χ1n) is 4.77. The van der Waals surface area contributed by atoms with Gasteiger partial charge in [-0.15, -0.1) is 4.98 Å². The van der Waals surface area contributed by atoms with Gasteiger partial charge < -0.3 is 15.2 Å². The molecule has 2 aromatic rings. The van der Waals surface area contributed by atoms with E-state index < -0.39 is 5.82 Å². The Hall–Kier alpha value is -2.15. The van der Waals surface area contributed by atoms with E-state index in [1.807, 2.05) is 0 Å². The van der Waals surface area contributed by atoms with Gasteiger partial charge in [0.15, 0.2) is 0 Å². The zero-order valence-electron chi connectivity index (χ0n) is 9.22. The number of halogens is 2. The summed E-state index contributed by atoms with van der Waals surface area (Å²) in [5.41, 5.74) is 5.43. The summed E-state index contributed by atoms with van der Waals surface area (Å²) in [6.45, 7) is 0. The van der Waals surface area contributed by atoms with Crippen molar-refractivity contribution in [2.45, 2.75) is 0 Å². The number of nitrogens with two attached hydrogens (primary N) is 1. The molecular weight excluding hydrogens is 263 g/mol. The van der Waals surface area contributed by atoms with Gasteiger partial charge in [-0.25, -0.2) is 4.39 Å². The average molecular weight is 271 g/mol. The third-order valence-corrected chi connectivity index (χ3v) is 2.18. The smallest absolute Gasteiger partial charge is 0.330 e. The molecule has 2 N–H and O–H groups in total. The third kappa shape index (κ3) is 2.75. The summed E-state index contributed by atoms with van der Waals surface area (Å²) >= 11 is 5.61. The zero-order chi connectivity index (χ0) is 13.1. The van der Waals surface area contributed by atoms with Crippen LogP contribution in [0.4, 0.5) is 10.3 Å². The maximum absolute atomic E-state index is 13.0. The van der Waals surface area contributed by atoms with Crippen LogP contribution in [-0.2, 0) is 0 Å². The Morgan fingerprint density at radius 3 is 2.61 bits per heavy atom. The molecule has 2 rings (SSSR count). The van der Waals surface area contributed by atoms with Crippen molar-refractivity contribution in [1.82, 2.24) is 15.0 Å². The average Bonchev–Trinajstić information content (AvgIpc) is 2.33. The molecule has 94 valence electrons. The number of hydrogen-bond acceptors (Lipinski definition) is 6. The van der Waals surface area contributed by atoms with Gasteiger partial charge in [-0.05, 0) is 12.1 Å². The van der Waals surface area contributed by atoms with Crippen LogP contribution in [0.2, 0.25) is 5.02 Å². The van der Waals surface area contributed by atoms with Crippen LogP contribution >= 0.6 is 11.6 Å². The van der Waals surface area contributed by atoms with Crippen molar-refractivity contribution in [2.24, 2.45) is 0 Å². The molecule has 8 heteroatoms. The van der Waals surface area contributed by atoms with Gasteiger partial charge in [0.25, 0.3) is 0 Å². The van der Waals surface area contributed by atoms with E-state index in [1.165, 1.54) is 25.3 Å². The standard InChI is InChI=1S/C10H8ClFN4O2/c1-17-9-14-8(13)15-10(16-9)18-5-2-3-7(12)6(11)4-5/h2-4H,1H3,(H2,13,14,15,16). The van der Waals surface area contributed by atoms with Crippen molar-refractivity contribution in [3.8, 4) is 17.8 Å². The third-order valence-electron chi connectivity index (χ3n) is 1.89. The highest BCUT2D eigenvalue weighted by molar-refractivity contribution is 6.30. The van der Waals surface area contributed by atoms with Crippen molar-refractivity contribution in [3.05, 3.63) is 29.0 Å².